The fourth-order valence-electron chi connectivity index (χ4n) is 0. The van der Waals surface area contributed by atoms with Crippen LogP contribution in [0.25, 0.3) is 0 Å². The van der Waals surface area contributed by atoms with E-state index in [1.807, 2.05) is 0 Å². The molecule has 21 valence electrons. The predicted octanol–water partition coefficient (Wildman–Crippen LogP) is 1.05. The Labute approximate surface area is 47.3 Å². The quantitative estimate of drug-likeness (QED) is 0.310. The van der Waals surface area contributed by atoms with Crippen molar-refractivity contribution < 1.29 is 8.39 Å². The van der Waals surface area contributed by atoms with E-state index in [1.54, 1.807) is 0 Å². The third-order valence-corrected chi connectivity index (χ3v) is 0. The second-order valence-corrected chi connectivity index (χ2v) is 0.214. The van der Waals surface area contributed by atoms with Crippen LogP contribution in [0.15, 0.2) is 0 Å². The van der Waals surface area contributed by atoms with Crippen molar-refractivity contribution >= 4 is 38.8 Å². The molecule has 0 amide bonds. The molecular weight excluding hydrogens is 92.0 g/mol. The van der Waals surface area contributed by atoms with Crippen molar-refractivity contribution in [1.29, 1.82) is 0 Å². The molecule has 0 aromatic carbocycles. The molecule has 0 aromatic rings. The number of rotatable bonds is 0. The Kier molecular flexibility index (Phi) is 19.9. The van der Waals surface area contributed by atoms with E-state index in [0.29, 0.717) is 0 Å². The number of halogens is 2. The summed E-state index contributed by atoms with van der Waals surface area (Å²) in [5, 5.41) is 0. The van der Waals surface area contributed by atoms with Crippen LogP contribution in [0.5, 0.6) is 0 Å². The summed E-state index contributed by atoms with van der Waals surface area (Å²) in [4.78, 5) is 0. The molecule has 0 nitrogen and oxygen atoms in total. The van der Waals surface area contributed by atoms with Gasteiger partial charge in [0.2, 0.25) is 0 Å². The van der Waals surface area contributed by atoms with Crippen molar-refractivity contribution in [3.05, 3.63) is 0 Å². The molecule has 4 heteroatoms. The van der Waals surface area contributed by atoms with Crippen LogP contribution in [0.4, 0.5) is 8.39 Å². The third-order valence-electron chi connectivity index (χ3n) is 0. The maximum absolute atomic E-state index is 9.65. The summed E-state index contributed by atoms with van der Waals surface area (Å²) >= 11 is 0. The van der Waals surface area contributed by atoms with Gasteiger partial charge in [-0.25, -0.2) is 0 Å². The van der Waals surface area contributed by atoms with Gasteiger partial charge < -0.3 is 0 Å². The Morgan fingerprint density at radius 3 is 1.25 bits per heavy atom. The van der Waals surface area contributed by atoms with Gasteiger partial charge in [-0.15, -0.1) is 0 Å². The average Bonchev–Trinajstić information content (AvgIpc) is 0.918. The van der Waals surface area contributed by atoms with Gasteiger partial charge in [-0.2, -0.15) is 8.39 Å². The van der Waals surface area contributed by atoms with Crippen LogP contribution in [0.1, 0.15) is 0 Å². The van der Waals surface area contributed by atoms with E-state index in [1.165, 1.54) is 0 Å². The zero-order chi connectivity index (χ0) is 2.71. The first-order valence-corrected chi connectivity index (χ1v) is 1.13. The van der Waals surface area contributed by atoms with Gasteiger partial charge in [0.25, 0.3) is 9.20 Å². The first-order valence-electron chi connectivity index (χ1n) is 0.378. The van der Waals surface area contributed by atoms with Crippen molar-refractivity contribution in [3.63, 3.8) is 0 Å². The molecule has 0 heterocycles. The monoisotopic (exact) mass is 93.0 g/mol. The molecule has 0 spiro atoms. The van der Waals surface area contributed by atoms with E-state index in [-0.39, 0.29) is 29.6 Å². The number of hydrogen-bond acceptors (Lipinski definition) is 0. The average molecular weight is 93.0 g/mol. The van der Waals surface area contributed by atoms with E-state index < -0.39 is 9.20 Å². The standard InChI is InChI=1S/F2HP.Na/c1-3-2;/h3H;. The molecule has 0 aromatic heterocycles. The van der Waals surface area contributed by atoms with Crippen LogP contribution in [0, 0.1) is 0 Å². The minimum atomic E-state index is -1.92. The molecule has 0 saturated carbocycles. The van der Waals surface area contributed by atoms with Crippen molar-refractivity contribution in [1.82, 2.24) is 0 Å². The van der Waals surface area contributed by atoms with E-state index in [9.17, 15) is 8.39 Å². The van der Waals surface area contributed by atoms with E-state index >= 15 is 0 Å². The fraction of sp³-hybridized carbons (Fsp3) is 0. The maximum atomic E-state index is 9.65. The van der Waals surface area contributed by atoms with Gasteiger partial charge in [-0.1, -0.05) is 0 Å². The molecule has 0 unspecified atom stereocenters. The molecule has 1 radical (unpaired) electrons. The molecule has 0 aliphatic carbocycles. The normalized spacial score (nSPS) is 4.50. The first kappa shape index (κ1) is 8.99. The summed E-state index contributed by atoms with van der Waals surface area (Å²) in [7, 11) is -1.92. The van der Waals surface area contributed by atoms with Crippen molar-refractivity contribution in [2.45, 2.75) is 0 Å². The molecule has 0 aliphatic heterocycles. The van der Waals surface area contributed by atoms with Gasteiger partial charge in [0.05, 0.1) is 0 Å². The second kappa shape index (κ2) is 8.85. The van der Waals surface area contributed by atoms with Gasteiger partial charge in [0.1, 0.15) is 0 Å². The molecule has 0 aliphatic rings. The summed E-state index contributed by atoms with van der Waals surface area (Å²) < 4.78 is 19.3. The largest absolute Gasteiger partial charge is 0.253 e. The smallest absolute Gasteiger partial charge is 0.192 e. The van der Waals surface area contributed by atoms with E-state index in [4.69, 9.17) is 0 Å². The molecule has 0 fully saturated rings. The second-order valence-electron chi connectivity index (χ2n) is 0.0714. The molecule has 4 heavy (non-hydrogen) atoms. The van der Waals surface area contributed by atoms with Crippen LogP contribution < -0.4 is 0 Å². The maximum Gasteiger partial charge on any atom is 0.253 e. The van der Waals surface area contributed by atoms with Crippen LogP contribution in [0.2, 0.25) is 0 Å². The van der Waals surface area contributed by atoms with Crippen LogP contribution >= 0.6 is 9.20 Å². The van der Waals surface area contributed by atoms with Gasteiger partial charge >= 0.3 is 0 Å². The summed E-state index contributed by atoms with van der Waals surface area (Å²) in [6, 6.07) is 0. The zero-order valence-corrected chi connectivity index (χ0v) is 5.26. The molecule has 0 atom stereocenters. The summed E-state index contributed by atoms with van der Waals surface area (Å²) in [5.41, 5.74) is 0. The predicted molar refractivity (Wildman–Crippen MR) is 16.3 cm³/mol. The van der Waals surface area contributed by atoms with E-state index in [0.717, 1.165) is 0 Å². The van der Waals surface area contributed by atoms with Gasteiger partial charge in [0.15, 0.2) is 0 Å². The molecule has 0 rings (SSSR count). The third kappa shape index (κ3) is 10.4. The Morgan fingerprint density at radius 2 is 1.25 bits per heavy atom. The first-order chi connectivity index (χ1) is 1.41. The Balaban J connectivity index is 0. The topological polar surface area (TPSA) is 0 Å². The minimum Gasteiger partial charge on any atom is -0.192 e. The Hall–Kier alpha value is 1.29. The van der Waals surface area contributed by atoms with Crippen molar-refractivity contribution in [3.8, 4) is 0 Å². The van der Waals surface area contributed by atoms with Crippen LogP contribution in [-0.2, 0) is 0 Å². The van der Waals surface area contributed by atoms with Crippen molar-refractivity contribution in [2.24, 2.45) is 0 Å². The van der Waals surface area contributed by atoms with E-state index in [2.05, 4.69) is 0 Å². The molecule has 0 N–H and O–H groups in total. The molecule has 0 bridgehead atoms. The minimum absolute atomic E-state index is 0. The van der Waals surface area contributed by atoms with Gasteiger partial charge in [-0.3, -0.25) is 0 Å². The SMILES string of the molecule is FPF.[Na]. The Morgan fingerprint density at radius 1 is 1.25 bits per heavy atom. The molecular formula is HF2NaP. The van der Waals surface area contributed by atoms with Crippen LogP contribution in [0.3, 0.4) is 0 Å². The molecule has 0 saturated heterocycles. The van der Waals surface area contributed by atoms with Crippen molar-refractivity contribution in [2.75, 3.05) is 0 Å². The van der Waals surface area contributed by atoms with Gasteiger partial charge in [0, 0.05) is 29.6 Å². The summed E-state index contributed by atoms with van der Waals surface area (Å²) in [6.45, 7) is 0. The van der Waals surface area contributed by atoms with Crippen LogP contribution in [-0.4, -0.2) is 29.6 Å². The fourth-order valence-corrected chi connectivity index (χ4v) is 0. The van der Waals surface area contributed by atoms with Gasteiger partial charge in [-0.05, 0) is 0 Å². The summed E-state index contributed by atoms with van der Waals surface area (Å²) in [6.07, 6.45) is 0. The number of hydrogen-bond donors (Lipinski definition) is 0. The Bertz CT molecular complexity index is 6.00. The zero-order valence-electron chi connectivity index (χ0n) is 2.26. The summed E-state index contributed by atoms with van der Waals surface area (Å²) in [5.74, 6) is 0.